The normalized spacial score (nSPS) is 26.4. The molecule has 0 saturated carbocycles. The molecular weight excluding hydrogens is 319 g/mol. The molecule has 25 heavy (non-hydrogen) atoms. The van der Waals surface area contributed by atoms with E-state index in [1.807, 2.05) is 15.9 Å². The molecule has 0 N–H and O–H groups in total. The third kappa shape index (κ3) is 2.96. The maximum Gasteiger partial charge on any atom is 0.231 e. The quantitative estimate of drug-likeness (QED) is 0.793. The van der Waals surface area contributed by atoms with Crippen LogP contribution in [-0.4, -0.2) is 41.2 Å². The molecule has 1 aromatic rings. The second kappa shape index (κ2) is 6.28. The molecule has 4 nitrogen and oxygen atoms in total. The molecule has 1 atom stereocenters. The van der Waals surface area contributed by atoms with Crippen LogP contribution < -0.4 is 0 Å². The molecular formula is C20H23FN2O2. The van der Waals surface area contributed by atoms with Crippen LogP contribution in [0.4, 0.5) is 4.39 Å². The SMILES string of the molecule is O=C(C1CC=CC1)N1CC[C@]2(CCN(Cc3cccc(F)c3)C2=O)C1. The molecule has 0 aromatic heterocycles. The number of rotatable bonds is 3. The van der Waals surface area contributed by atoms with Crippen LogP contribution in [0.1, 0.15) is 31.2 Å². The summed E-state index contributed by atoms with van der Waals surface area (Å²) in [7, 11) is 0. The Balaban J connectivity index is 1.42. The fraction of sp³-hybridized carbons (Fsp3) is 0.500. The van der Waals surface area contributed by atoms with Gasteiger partial charge in [0.1, 0.15) is 5.82 Å². The smallest absolute Gasteiger partial charge is 0.231 e. The van der Waals surface area contributed by atoms with Gasteiger partial charge in [0.05, 0.1) is 5.41 Å². The number of halogens is 1. The van der Waals surface area contributed by atoms with Crippen LogP contribution in [-0.2, 0) is 16.1 Å². The first kappa shape index (κ1) is 16.3. The van der Waals surface area contributed by atoms with Crippen molar-refractivity contribution in [1.29, 1.82) is 0 Å². The van der Waals surface area contributed by atoms with Crippen molar-refractivity contribution in [3.05, 3.63) is 47.8 Å². The minimum absolute atomic E-state index is 0.0649. The van der Waals surface area contributed by atoms with Crippen LogP contribution in [0, 0.1) is 17.2 Å². The van der Waals surface area contributed by atoms with E-state index < -0.39 is 5.41 Å². The average molecular weight is 342 g/mol. The fourth-order valence-electron chi connectivity index (χ4n) is 4.42. The number of carbonyl (C=O) groups excluding carboxylic acids is 2. The second-order valence-corrected chi connectivity index (χ2v) is 7.54. The van der Waals surface area contributed by atoms with Gasteiger partial charge in [-0.1, -0.05) is 24.3 Å². The first-order valence-corrected chi connectivity index (χ1v) is 9.05. The summed E-state index contributed by atoms with van der Waals surface area (Å²) in [6.45, 7) is 2.34. The van der Waals surface area contributed by atoms with Crippen LogP contribution in [0.15, 0.2) is 36.4 Å². The number of amides is 2. The van der Waals surface area contributed by atoms with E-state index >= 15 is 0 Å². The van der Waals surface area contributed by atoms with Crippen molar-refractivity contribution in [3.8, 4) is 0 Å². The summed E-state index contributed by atoms with van der Waals surface area (Å²) in [6, 6.07) is 6.41. The van der Waals surface area contributed by atoms with Gasteiger partial charge in [-0.05, 0) is 43.4 Å². The van der Waals surface area contributed by atoms with Crippen molar-refractivity contribution < 1.29 is 14.0 Å². The Kier molecular flexibility index (Phi) is 4.10. The molecule has 5 heteroatoms. The Bertz CT molecular complexity index is 724. The number of nitrogens with zero attached hydrogens (tertiary/aromatic N) is 2. The van der Waals surface area contributed by atoms with Crippen LogP contribution >= 0.6 is 0 Å². The lowest BCUT2D eigenvalue weighted by molar-refractivity contribution is -0.138. The van der Waals surface area contributed by atoms with E-state index in [0.717, 1.165) is 31.2 Å². The maximum atomic E-state index is 13.4. The van der Waals surface area contributed by atoms with E-state index in [1.54, 1.807) is 6.07 Å². The van der Waals surface area contributed by atoms with Crippen molar-refractivity contribution >= 4 is 11.8 Å². The first-order chi connectivity index (χ1) is 12.1. The monoisotopic (exact) mass is 342 g/mol. The molecule has 0 bridgehead atoms. The number of likely N-dealkylation sites (tertiary alicyclic amines) is 2. The van der Waals surface area contributed by atoms with E-state index in [4.69, 9.17) is 0 Å². The van der Waals surface area contributed by atoms with Gasteiger partial charge in [-0.15, -0.1) is 0 Å². The average Bonchev–Trinajstić information content (AvgIpc) is 3.33. The number of hydrogen-bond acceptors (Lipinski definition) is 2. The molecule has 2 fully saturated rings. The number of carbonyl (C=O) groups is 2. The van der Waals surface area contributed by atoms with Gasteiger partial charge in [0.25, 0.3) is 0 Å². The lowest BCUT2D eigenvalue weighted by Gasteiger charge is -2.25. The Hall–Kier alpha value is -2.17. The summed E-state index contributed by atoms with van der Waals surface area (Å²) in [4.78, 5) is 29.3. The topological polar surface area (TPSA) is 40.6 Å². The fourth-order valence-corrected chi connectivity index (χ4v) is 4.42. The largest absolute Gasteiger partial charge is 0.341 e. The van der Waals surface area contributed by atoms with E-state index in [9.17, 15) is 14.0 Å². The first-order valence-electron chi connectivity index (χ1n) is 9.05. The summed E-state index contributed by atoms with van der Waals surface area (Å²) < 4.78 is 13.4. The van der Waals surface area contributed by atoms with E-state index in [-0.39, 0.29) is 23.5 Å². The lowest BCUT2D eigenvalue weighted by atomic mass is 9.85. The van der Waals surface area contributed by atoms with Crippen molar-refractivity contribution in [1.82, 2.24) is 9.80 Å². The van der Waals surface area contributed by atoms with Gasteiger partial charge in [-0.2, -0.15) is 0 Å². The molecule has 1 spiro atoms. The lowest BCUT2D eigenvalue weighted by Crippen LogP contribution is -2.39. The van der Waals surface area contributed by atoms with Gasteiger partial charge in [0.2, 0.25) is 11.8 Å². The van der Waals surface area contributed by atoms with Gasteiger partial charge in [-0.25, -0.2) is 4.39 Å². The second-order valence-electron chi connectivity index (χ2n) is 7.54. The molecule has 4 rings (SSSR count). The molecule has 2 aliphatic heterocycles. The van der Waals surface area contributed by atoms with Crippen LogP contribution in [0.25, 0.3) is 0 Å². The summed E-state index contributed by atoms with van der Waals surface area (Å²) in [5.74, 6) is 0.103. The zero-order valence-electron chi connectivity index (χ0n) is 14.3. The molecule has 2 saturated heterocycles. The minimum Gasteiger partial charge on any atom is -0.341 e. The summed E-state index contributed by atoms with van der Waals surface area (Å²) in [6.07, 6.45) is 7.31. The predicted molar refractivity (Wildman–Crippen MR) is 91.9 cm³/mol. The van der Waals surface area contributed by atoms with Crippen molar-refractivity contribution in [2.45, 2.75) is 32.2 Å². The molecule has 3 aliphatic rings. The highest BCUT2D eigenvalue weighted by atomic mass is 19.1. The zero-order valence-corrected chi connectivity index (χ0v) is 14.3. The van der Waals surface area contributed by atoms with Crippen molar-refractivity contribution in [2.24, 2.45) is 11.3 Å². The van der Waals surface area contributed by atoms with Gasteiger partial charge in [-0.3, -0.25) is 9.59 Å². The Morgan fingerprint density at radius 2 is 1.96 bits per heavy atom. The summed E-state index contributed by atoms with van der Waals surface area (Å²) in [5, 5.41) is 0. The molecule has 2 amide bonds. The Morgan fingerprint density at radius 3 is 2.72 bits per heavy atom. The van der Waals surface area contributed by atoms with Crippen LogP contribution in [0.5, 0.6) is 0 Å². The predicted octanol–water partition coefficient (Wildman–Crippen LogP) is 2.74. The molecule has 2 heterocycles. The molecule has 0 unspecified atom stereocenters. The minimum atomic E-state index is -0.422. The molecule has 132 valence electrons. The highest BCUT2D eigenvalue weighted by Gasteiger charge is 2.51. The van der Waals surface area contributed by atoms with Crippen LogP contribution in [0.3, 0.4) is 0 Å². The third-order valence-electron chi connectivity index (χ3n) is 5.89. The standard InChI is InChI=1S/C20H23FN2O2/c21-17-7-3-4-15(12-17)13-22-10-8-20(19(22)25)9-11-23(14-20)18(24)16-5-1-2-6-16/h1-4,7,12,16H,5-6,8-11,13-14H2/t20-/m1/s1. The van der Waals surface area contributed by atoms with Gasteiger partial charge in [0, 0.05) is 32.1 Å². The number of hydrogen-bond donors (Lipinski definition) is 0. The highest BCUT2D eigenvalue weighted by molar-refractivity contribution is 5.87. The van der Waals surface area contributed by atoms with Crippen molar-refractivity contribution in [2.75, 3.05) is 19.6 Å². The third-order valence-corrected chi connectivity index (χ3v) is 5.89. The Morgan fingerprint density at radius 1 is 1.20 bits per heavy atom. The van der Waals surface area contributed by atoms with Gasteiger partial charge in [0.15, 0.2) is 0 Å². The van der Waals surface area contributed by atoms with Gasteiger partial charge >= 0.3 is 0 Å². The number of allylic oxidation sites excluding steroid dienone is 2. The summed E-state index contributed by atoms with van der Waals surface area (Å²) in [5.41, 5.74) is 0.392. The highest BCUT2D eigenvalue weighted by Crippen LogP contribution is 2.42. The molecule has 1 aliphatic carbocycles. The van der Waals surface area contributed by atoms with Crippen molar-refractivity contribution in [3.63, 3.8) is 0 Å². The van der Waals surface area contributed by atoms with Gasteiger partial charge < -0.3 is 9.80 Å². The van der Waals surface area contributed by atoms with E-state index in [2.05, 4.69) is 12.2 Å². The maximum absolute atomic E-state index is 13.4. The van der Waals surface area contributed by atoms with E-state index in [1.165, 1.54) is 12.1 Å². The number of benzene rings is 1. The van der Waals surface area contributed by atoms with Crippen LogP contribution in [0.2, 0.25) is 0 Å². The Labute approximate surface area is 147 Å². The summed E-state index contributed by atoms with van der Waals surface area (Å²) >= 11 is 0. The molecule has 1 aromatic carbocycles. The molecule has 0 radical (unpaired) electrons. The van der Waals surface area contributed by atoms with E-state index in [0.29, 0.717) is 26.2 Å². The zero-order chi connectivity index (χ0) is 17.4.